The third-order valence-electron chi connectivity index (χ3n) is 4.62. The Bertz CT molecular complexity index is 1120. The smallest absolute Gasteiger partial charge is 0.278 e. The van der Waals surface area contributed by atoms with E-state index in [2.05, 4.69) is 26.1 Å². The van der Waals surface area contributed by atoms with E-state index in [0.717, 1.165) is 23.4 Å². The summed E-state index contributed by atoms with van der Waals surface area (Å²) in [6.45, 7) is 1.73. The van der Waals surface area contributed by atoms with Gasteiger partial charge in [0, 0.05) is 30.9 Å². The molecule has 0 saturated heterocycles. The van der Waals surface area contributed by atoms with Crippen LogP contribution in [-0.4, -0.2) is 50.6 Å². The molecule has 31 heavy (non-hydrogen) atoms. The van der Waals surface area contributed by atoms with Crippen molar-refractivity contribution < 1.29 is 22.8 Å². The Morgan fingerprint density at radius 1 is 1.23 bits per heavy atom. The van der Waals surface area contributed by atoms with Crippen LogP contribution < -0.4 is 20.4 Å². The van der Waals surface area contributed by atoms with Gasteiger partial charge in [0.15, 0.2) is 5.82 Å². The fourth-order valence-corrected chi connectivity index (χ4v) is 3.17. The van der Waals surface area contributed by atoms with E-state index < -0.39 is 15.9 Å². The predicted molar refractivity (Wildman–Crippen MR) is 116 cm³/mol. The van der Waals surface area contributed by atoms with Crippen LogP contribution >= 0.6 is 0 Å². The van der Waals surface area contributed by atoms with Crippen molar-refractivity contribution in [2.24, 2.45) is 5.92 Å². The highest BCUT2D eigenvalue weighted by molar-refractivity contribution is 7.92. The molecule has 0 radical (unpaired) electrons. The minimum atomic E-state index is -3.59. The first kappa shape index (κ1) is 22.4. The number of carbonyl (C=O) groups excluding carboxylic acids is 2. The van der Waals surface area contributed by atoms with Crippen LogP contribution in [0.2, 0.25) is 0 Å². The molecule has 11 nitrogen and oxygen atoms in total. The minimum Gasteiger partial charge on any atom is -0.352 e. The zero-order chi connectivity index (χ0) is 22.8. The molecule has 1 saturated carbocycles. The van der Waals surface area contributed by atoms with Gasteiger partial charge in [0.1, 0.15) is 5.82 Å². The standard InChI is InChI=1S/C19H24N6O5S/c1-11-5-8-14(17(21-11)25(2)31(4,28)29)22-15-9-16(23-18(26)12-6-7-12)20-10-13(15)19(27)24-30-3/h5,8-10,12H,6-7H2,1-4H3,(H,24,27)(H2,20,22,23,26). The molecule has 12 heteroatoms. The Labute approximate surface area is 180 Å². The van der Waals surface area contributed by atoms with Gasteiger partial charge in [-0.25, -0.2) is 23.9 Å². The van der Waals surface area contributed by atoms with Gasteiger partial charge < -0.3 is 10.6 Å². The van der Waals surface area contributed by atoms with Crippen LogP contribution in [0.25, 0.3) is 0 Å². The molecule has 0 aromatic carbocycles. The third kappa shape index (κ3) is 5.47. The van der Waals surface area contributed by atoms with Crippen LogP contribution in [0.3, 0.4) is 0 Å². The number of nitrogens with zero attached hydrogens (tertiary/aromatic N) is 3. The maximum absolute atomic E-state index is 12.4. The van der Waals surface area contributed by atoms with Gasteiger partial charge in [-0.15, -0.1) is 0 Å². The minimum absolute atomic E-state index is 0.0222. The van der Waals surface area contributed by atoms with Crippen molar-refractivity contribution in [3.63, 3.8) is 0 Å². The molecule has 2 heterocycles. The maximum Gasteiger partial charge on any atom is 0.278 e. The van der Waals surface area contributed by atoms with E-state index in [4.69, 9.17) is 4.84 Å². The lowest BCUT2D eigenvalue weighted by molar-refractivity contribution is -0.117. The first-order valence-electron chi connectivity index (χ1n) is 9.43. The number of amides is 2. The summed E-state index contributed by atoms with van der Waals surface area (Å²) in [7, 11) is -0.906. The fourth-order valence-electron chi connectivity index (χ4n) is 2.71. The molecular weight excluding hydrogens is 424 g/mol. The summed E-state index contributed by atoms with van der Waals surface area (Å²) in [6, 6.07) is 4.85. The van der Waals surface area contributed by atoms with Crippen LogP contribution in [0.5, 0.6) is 0 Å². The van der Waals surface area contributed by atoms with Crippen molar-refractivity contribution >= 4 is 44.8 Å². The second-order valence-electron chi connectivity index (χ2n) is 7.19. The highest BCUT2D eigenvalue weighted by Crippen LogP contribution is 2.32. The second kappa shape index (κ2) is 8.86. The van der Waals surface area contributed by atoms with E-state index >= 15 is 0 Å². The van der Waals surface area contributed by atoms with E-state index in [0.29, 0.717) is 11.4 Å². The zero-order valence-corrected chi connectivity index (χ0v) is 18.4. The van der Waals surface area contributed by atoms with Gasteiger partial charge in [0.05, 0.1) is 30.3 Å². The third-order valence-corrected chi connectivity index (χ3v) is 5.79. The second-order valence-corrected chi connectivity index (χ2v) is 9.21. The van der Waals surface area contributed by atoms with Crippen molar-refractivity contribution in [3.05, 3.63) is 35.7 Å². The number of pyridine rings is 2. The quantitative estimate of drug-likeness (QED) is 0.517. The summed E-state index contributed by atoms with van der Waals surface area (Å²) in [5.41, 5.74) is 3.58. The van der Waals surface area contributed by atoms with E-state index in [-0.39, 0.29) is 34.7 Å². The summed E-state index contributed by atoms with van der Waals surface area (Å²) in [4.78, 5) is 37.7. The van der Waals surface area contributed by atoms with Crippen molar-refractivity contribution in [1.29, 1.82) is 0 Å². The Balaban J connectivity index is 2.02. The Morgan fingerprint density at radius 2 is 1.94 bits per heavy atom. The molecule has 0 spiro atoms. The van der Waals surface area contributed by atoms with Crippen molar-refractivity contribution in [1.82, 2.24) is 15.4 Å². The normalized spacial score (nSPS) is 13.4. The van der Waals surface area contributed by atoms with Gasteiger partial charge in [-0.05, 0) is 31.9 Å². The molecule has 1 aliphatic rings. The number of aryl methyl sites for hydroxylation is 1. The fraction of sp³-hybridized carbons (Fsp3) is 0.368. The van der Waals surface area contributed by atoms with Crippen LogP contribution in [0.1, 0.15) is 28.9 Å². The van der Waals surface area contributed by atoms with Crippen LogP contribution in [0.4, 0.5) is 23.0 Å². The number of nitrogens with one attached hydrogen (secondary N) is 3. The van der Waals surface area contributed by atoms with E-state index in [1.165, 1.54) is 26.4 Å². The first-order valence-corrected chi connectivity index (χ1v) is 11.3. The number of carbonyl (C=O) groups is 2. The number of anilines is 4. The number of hydrogen-bond acceptors (Lipinski definition) is 8. The SMILES string of the molecule is CONC(=O)c1cnc(NC(=O)C2CC2)cc1Nc1ccc(C)nc1N(C)S(C)(=O)=O. The number of hydrogen-bond donors (Lipinski definition) is 3. The van der Waals surface area contributed by atoms with Crippen LogP contribution in [0.15, 0.2) is 24.4 Å². The largest absolute Gasteiger partial charge is 0.352 e. The summed E-state index contributed by atoms with van der Waals surface area (Å²) < 4.78 is 25.2. The Morgan fingerprint density at radius 3 is 2.55 bits per heavy atom. The lowest BCUT2D eigenvalue weighted by Gasteiger charge is -2.21. The molecule has 1 fully saturated rings. The first-order chi connectivity index (χ1) is 14.6. The van der Waals surface area contributed by atoms with Crippen LogP contribution in [-0.2, 0) is 19.7 Å². The molecule has 0 unspecified atom stereocenters. The van der Waals surface area contributed by atoms with Gasteiger partial charge >= 0.3 is 0 Å². The molecule has 0 bridgehead atoms. The van der Waals surface area contributed by atoms with Gasteiger partial charge in [-0.1, -0.05) is 0 Å². The molecule has 2 aromatic heterocycles. The Kier molecular flexibility index (Phi) is 6.41. The highest BCUT2D eigenvalue weighted by Gasteiger charge is 2.30. The molecular formula is C19H24N6O5S. The Hall–Kier alpha value is -3.25. The summed E-state index contributed by atoms with van der Waals surface area (Å²) >= 11 is 0. The zero-order valence-electron chi connectivity index (χ0n) is 17.6. The van der Waals surface area contributed by atoms with E-state index in [9.17, 15) is 18.0 Å². The lowest BCUT2D eigenvalue weighted by Crippen LogP contribution is -2.27. The van der Waals surface area contributed by atoms with Crippen LogP contribution in [0, 0.1) is 12.8 Å². The number of hydroxylamine groups is 1. The van der Waals surface area contributed by atoms with Crippen molar-refractivity contribution in [2.45, 2.75) is 19.8 Å². The van der Waals surface area contributed by atoms with Gasteiger partial charge in [-0.2, -0.15) is 0 Å². The van der Waals surface area contributed by atoms with Crippen molar-refractivity contribution in [3.8, 4) is 0 Å². The average molecular weight is 449 g/mol. The summed E-state index contributed by atoms with van der Waals surface area (Å²) in [5.74, 6) is -0.323. The monoisotopic (exact) mass is 448 g/mol. The molecule has 1 aliphatic carbocycles. The summed E-state index contributed by atoms with van der Waals surface area (Å²) in [5, 5.41) is 5.77. The highest BCUT2D eigenvalue weighted by atomic mass is 32.2. The molecule has 0 atom stereocenters. The van der Waals surface area contributed by atoms with E-state index in [1.807, 2.05) is 0 Å². The predicted octanol–water partition coefficient (Wildman–Crippen LogP) is 1.56. The maximum atomic E-state index is 12.4. The lowest BCUT2D eigenvalue weighted by atomic mass is 10.2. The molecule has 3 N–H and O–H groups in total. The average Bonchev–Trinajstić information content (AvgIpc) is 3.54. The van der Waals surface area contributed by atoms with Gasteiger partial charge in [0.2, 0.25) is 15.9 Å². The van der Waals surface area contributed by atoms with Gasteiger partial charge in [-0.3, -0.25) is 18.7 Å². The molecule has 0 aliphatic heterocycles. The topological polar surface area (TPSA) is 143 Å². The summed E-state index contributed by atoms with van der Waals surface area (Å²) in [6.07, 6.45) is 4.03. The molecule has 2 amide bonds. The molecule has 166 valence electrons. The molecule has 2 aromatic rings. The molecule has 3 rings (SSSR count). The van der Waals surface area contributed by atoms with Gasteiger partial charge in [0.25, 0.3) is 5.91 Å². The van der Waals surface area contributed by atoms with Crippen molar-refractivity contribution in [2.75, 3.05) is 35.4 Å². The number of rotatable bonds is 8. The number of aromatic nitrogens is 2. The number of sulfonamides is 1. The van der Waals surface area contributed by atoms with E-state index in [1.54, 1.807) is 19.1 Å².